The number of hydrogen-bond donors (Lipinski definition) is 3. The smallest absolute Gasteiger partial charge is 0.401 e. The van der Waals surface area contributed by atoms with Gasteiger partial charge < -0.3 is 20.2 Å². The summed E-state index contributed by atoms with van der Waals surface area (Å²) in [6.07, 6.45) is -3.44. The third-order valence-corrected chi connectivity index (χ3v) is 4.84. The maximum Gasteiger partial charge on any atom is 0.401 e. The van der Waals surface area contributed by atoms with E-state index < -0.39 is 18.3 Å². The van der Waals surface area contributed by atoms with E-state index in [-0.39, 0.29) is 12.5 Å². The first-order valence-electron chi connectivity index (χ1n) is 9.61. The summed E-state index contributed by atoms with van der Waals surface area (Å²) in [6, 6.07) is 1.80. The van der Waals surface area contributed by atoms with Crippen LogP contribution in [0.4, 0.5) is 13.2 Å². The van der Waals surface area contributed by atoms with E-state index in [9.17, 15) is 18.3 Å². The summed E-state index contributed by atoms with van der Waals surface area (Å²) in [5, 5.41) is 17.1. The van der Waals surface area contributed by atoms with Crippen LogP contribution in [-0.2, 0) is 5.60 Å². The lowest BCUT2D eigenvalue weighted by atomic mass is 9.96. The number of aliphatic hydroxyl groups is 1. The fourth-order valence-electron chi connectivity index (χ4n) is 3.54. The average Bonchev–Trinajstić information content (AvgIpc) is 3.14. The second-order valence-electron chi connectivity index (χ2n) is 7.68. The molecule has 9 heteroatoms. The molecule has 28 heavy (non-hydrogen) atoms. The summed E-state index contributed by atoms with van der Waals surface area (Å²) in [6.45, 7) is 8.56. The number of furan rings is 1. The average molecular weight is 404 g/mol. The fourth-order valence-corrected chi connectivity index (χ4v) is 3.54. The van der Waals surface area contributed by atoms with Crippen LogP contribution >= 0.6 is 0 Å². The van der Waals surface area contributed by atoms with Crippen LogP contribution in [0.25, 0.3) is 0 Å². The van der Waals surface area contributed by atoms with Crippen LogP contribution in [0, 0.1) is 19.8 Å². The number of likely N-dealkylation sites (tertiary alicyclic amines) is 1. The highest BCUT2D eigenvalue weighted by atomic mass is 19.4. The van der Waals surface area contributed by atoms with Gasteiger partial charge in [0.15, 0.2) is 5.96 Å². The summed E-state index contributed by atoms with van der Waals surface area (Å²) in [5.41, 5.74) is -0.482. The topological polar surface area (TPSA) is 73.0 Å². The Kier molecular flexibility index (Phi) is 7.39. The molecule has 160 valence electrons. The Morgan fingerprint density at radius 1 is 1.36 bits per heavy atom. The normalized spacial score (nSPS) is 21.0. The third-order valence-electron chi connectivity index (χ3n) is 4.84. The van der Waals surface area contributed by atoms with Crippen LogP contribution in [0.3, 0.4) is 0 Å². The van der Waals surface area contributed by atoms with Gasteiger partial charge in [0.2, 0.25) is 0 Å². The van der Waals surface area contributed by atoms with E-state index >= 15 is 0 Å². The number of aliphatic imine (C=N–C) groups is 1. The first-order valence-corrected chi connectivity index (χ1v) is 9.61. The van der Waals surface area contributed by atoms with E-state index in [1.165, 1.54) is 4.90 Å². The van der Waals surface area contributed by atoms with Crippen molar-refractivity contribution in [2.75, 3.05) is 39.3 Å². The van der Waals surface area contributed by atoms with Gasteiger partial charge in [-0.3, -0.25) is 4.90 Å². The zero-order valence-electron chi connectivity index (χ0n) is 17.0. The molecule has 1 aliphatic heterocycles. The molecule has 1 fully saturated rings. The van der Waals surface area contributed by atoms with Crippen molar-refractivity contribution in [1.29, 1.82) is 0 Å². The van der Waals surface area contributed by atoms with Gasteiger partial charge in [-0.25, -0.2) is 4.99 Å². The van der Waals surface area contributed by atoms with E-state index in [4.69, 9.17) is 4.42 Å². The molecule has 2 heterocycles. The highest BCUT2D eigenvalue weighted by molar-refractivity contribution is 5.79. The third kappa shape index (κ3) is 6.70. The summed E-state index contributed by atoms with van der Waals surface area (Å²) in [4.78, 5) is 5.90. The van der Waals surface area contributed by atoms with Crippen molar-refractivity contribution < 1.29 is 22.7 Å². The Bertz CT molecular complexity index is 671. The first kappa shape index (κ1) is 22.5. The molecule has 0 aromatic carbocycles. The molecule has 0 saturated carbocycles. The Hall–Kier alpha value is -1.74. The number of halogens is 3. The molecule has 2 unspecified atom stereocenters. The number of alkyl halides is 3. The largest absolute Gasteiger partial charge is 0.466 e. The van der Waals surface area contributed by atoms with Crippen molar-refractivity contribution >= 4 is 5.96 Å². The lowest BCUT2D eigenvalue weighted by Crippen LogP contribution is -2.41. The quantitative estimate of drug-likeness (QED) is 0.481. The second-order valence-corrected chi connectivity index (χ2v) is 7.68. The van der Waals surface area contributed by atoms with E-state index in [0.717, 1.165) is 5.76 Å². The molecule has 3 N–H and O–H groups in total. The van der Waals surface area contributed by atoms with Gasteiger partial charge in [-0.05, 0) is 52.6 Å². The van der Waals surface area contributed by atoms with Crippen LogP contribution in [0.1, 0.15) is 37.4 Å². The Balaban J connectivity index is 1.91. The Morgan fingerprint density at radius 3 is 2.64 bits per heavy atom. The zero-order valence-corrected chi connectivity index (χ0v) is 17.0. The highest BCUT2D eigenvalue weighted by Gasteiger charge is 2.34. The molecule has 1 aromatic heterocycles. The molecule has 2 rings (SSSR count). The Morgan fingerprint density at radius 2 is 2.07 bits per heavy atom. The lowest BCUT2D eigenvalue weighted by molar-refractivity contribution is -0.143. The summed E-state index contributed by atoms with van der Waals surface area (Å²) in [7, 11) is 0. The van der Waals surface area contributed by atoms with Crippen LogP contribution in [0.5, 0.6) is 0 Å². The van der Waals surface area contributed by atoms with Gasteiger partial charge in [-0.2, -0.15) is 13.2 Å². The number of hydrogen-bond acceptors (Lipinski definition) is 4. The van der Waals surface area contributed by atoms with Crippen molar-refractivity contribution in [3.8, 4) is 0 Å². The van der Waals surface area contributed by atoms with E-state index in [1.807, 2.05) is 13.8 Å². The van der Waals surface area contributed by atoms with Gasteiger partial charge in [0, 0.05) is 25.2 Å². The summed E-state index contributed by atoms with van der Waals surface area (Å²) in [5.74, 6) is 2.05. The van der Waals surface area contributed by atoms with Gasteiger partial charge in [0.25, 0.3) is 0 Å². The molecular formula is C19H31F3N4O2. The maximum absolute atomic E-state index is 12.5. The predicted octanol–water partition coefficient (Wildman–Crippen LogP) is 2.54. The van der Waals surface area contributed by atoms with Crippen molar-refractivity contribution in [2.24, 2.45) is 10.9 Å². The highest BCUT2D eigenvalue weighted by Crippen LogP contribution is 2.27. The van der Waals surface area contributed by atoms with Crippen LogP contribution in [0.15, 0.2) is 15.5 Å². The number of aryl methyl sites for hydroxylation is 2. The zero-order chi connectivity index (χ0) is 20.9. The molecule has 1 aliphatic rings. The molecule has 0 aliphatic carbocycles. The number of guanidine groups is 1. The van der Waals surface area contributed by atoms with Gasteiger partial charge in [-0.15, -0.1) is 0 Å². The van der Waals surface area contributed by atoms with E-state index in [2.05, 4.69) is 15.6 Å². The van der Waals surface area contributed by atoms with Gasteiger partial charge >= 0.3 is 6.18 Å². The second kappa shape index (κ2) is 9.17. The SMILES string of the molecule is CCNC(=NCC(C)(O)c1cc(C)oc1C)NCC1CCN(CC(F)(F)F)C1. The monoisotopic (exact) mass is 404 g/mol. The van der Waals surface area contributed by atoms with Crippen molar-refractivity contribution in [3.05, 3.63) is 23.2 Å². The van der Waals surface area contributed by atoms with E-state index in [0.29, 0.717) is 49.9 Å². The molecule has 1 aromatic rings. The summed E-state index contributed by atoms with van der Waals surface area (Å²) < 4.78 is 43.0. The first-order chi connectivity index (χ1) is 13.0. The molecule has 2 atom stereocenters. The number of nitrogens with one attached hydrogen (secondary N) is 2. The standard InChI is InChI=1S/C19H31F3N4O2/c1-5-23-17(24-9-15-6-7-26(10-15)12-19(20,21)22)25-11-18(4,27)16-8-13(2)28-14(16)3/h8,15,27H,5-7,9-12H2,1-4H3,(H2,23,24,25). The molecule has 0 amide bonds. The minimum Gasteiger partial charge on any atom is -0.466 e. The number of nitrogens with zero attached hydrogens (tertiary/aromatic N) is 2. The number of rotatable bonds is 7. The minimum absolute atomic E-state index is 0.130. The van der Waals surface area contributed by atoms with Crippen LogP contribution in [-0.4, -0.2) is 61.4 Å². The van der Waals surface area contributed by atoms with Crippen LogP contribution < -0.4 is 10.6 Å². The van der Waals surface area contributed by atoms with E-state index in [1.54, 1.807) is 19.9 Å². The van der Waals surface area contributed by atoms with Crippen molar-refractivity contribution in [2.45, 2.75) is 45.9 Å². The van der Waals surface area contributed by atoms with Crippen molar-refractivity contribution in [3.63, 3.8) is 0 Å². The van der Waals surface area contributed by atoms with Gasteiger partial charge in [0.1, 0.15) is 17.1 Å². The van der Waals surface area contributed by atoms with Crippen molar-refractivity contribution in [1.82, 2.24) is 15.5 Å². The maximum atomic E-state index is 12.5. The van der Waals surface area contributed by atoms with Gasteiger partial charge in [0.05, 0.1) is 13.1 Å². The predicted molar refractivity (Wildman–Crippen MR) is 102 cm³/mol. The molecular weight excluding hydrogens is 373 g/mol. The van der Waals surface area contributed by atoms with Crippen LogP contribution in [0.2, 0.25) is 0 Å². The molecule has 1 saturated heterocycles. The Labute approximate surface area is 164 Å². The molecule has 0 spiro atoms. The molecule has 0 radical (unpaired) electrons. The lowest BCUT2D eigenvalue weighted by Gasteiger charge is -2.22. The molecule has 0 bridgehead atoms. The minimum atomic E-state index is -4.16. The van der Waals surface area contributed by atoms with Gasteiger partial charge in [-0.1, -0.05) is 0 Å². The fraction of sp³-hybridized carbons (Fsp3) is 0.737. The summed E-state index contributed by atoms with van der Waals surface area (Å²) >= 11 is 0. The molecule has 6 nitrogen and oxygen atoms in total.